The summed E-state index contributed by atoms with van der Waals surface area (Å²) in [5, 5.41) is 1.30. The zero-order chi connectivity index (χ0) is 11.7. The molecule has 5 heteroatoms. The quantitative estimate of drug-likeness (QED) is 0.779. The Morgan fingerprint density at radius 1 is 1.44 bits per heavy atom. The van der Waals surface area contributed by atoms with E-state index in [4.69, 9.17) is 32.7 Å². The van der Waals surface area contributed by atoms with Crippen LogP contribution in [-0.4, -0.2) is 20.3 Å². The first kappa shape index (κ1) is 12.7. The molecule has 1 fully saturated rings. The van der Waals surface area contributed by atoms with Crippen LogP contribution in [0.1, 0.15) is 11.7 Å². The molecular formula is C11H11BrCl2O2. The molecule has 0 saturated carbocycles. The number of hydrogen-bond donors (Lipinski definition) is 0. The second-order valence-electron chi connectivity index (χ2n) is 3.74. The van der Waals surface area contributed by atoms with Crippen molar-refractivity contribution in [2.24, 2.45) is 5.92 Å². The van der Waals surface area contributed by atoms with Crippen molar-refractivity contribution in [3.05, 3.63) is 32.2 Å². The van der Waals surface area contributed by atoms with Crippen LogP contribution < -0.4 is 0 Å². The molecule has 0 amide bonds. The molecule has 16 heavy (non-hydrogen) atoms. The van der Waals surface area contributed by atoms with Crippen molar-refractivity contribution in [2.75, 3.05) is 20.3 Å². The summed E-state index contributed by atoms with van der Waals surface area (Å²) < 4.78 is 11.4. The molecule has 0 N–H and O–H groups in total. The topological polar surface area (TPSA) is 18.5 Å². The van der Waals surface area contributed by atoms with E-state index in [0.717, 1.165) is 10.0 Å². The van der Waals surface area contributed by atoms with Gasteiger partial charge in [-0.25, -0.2) is 0 Å². The molecule has 0 spiro atoms. The van der Waals surface area contributed by atoms with Gasteiger partial charge in [0.2, 0.25) is 0 Å². The smallest absolute Gasteiger partial charge is 0.0908 e. The number of rotatable bonds is 3. The molecule has 1 aromatic carbocycles. The highest BCUT2D eigenvalue weighted by molar-refractivity contribution is 9.10. The SMILES string of the molecule is CO[C@@H](c1cc(Cl)cc(Br)c1Cl)C1COC1. The molecule has 2 rings (SSSR count). The summed E-state index contributed by atoms with van der Waals surface area (Å²) in [6.45, 7) is 1.41. The van der Waals surface area contributed by atoms with Crippen molar-refractivity contribution in [1.29, 1.82) is 0 Å². The summed E-state index contributed by atoms with van der Waals surface area (Å²) in [5.74, 6) is 0.355. The fraction of sp³-hybridized carbons (Fsp3) is 0.455. The minimum Gasteiger partial charge on any atom is -0.380 e. The van der Waals surface area contributed by atoms with Gasteiger partial charge >= 0.3 is 0 Å². The maximum atomic E-state index is 6.24. The second kappa shape index (κ2) is 5.23. The van der Waals surface area contributed by atoms with Crippen molar-refractivity contribution in [3.8, 4) is 0 Å². The Hall–Kier alpha value is 0.200. The van der Waals surface area contributed by atoms with Gasteiger partial charge in [-0.15, -0.1) is 0 Å². The van der Waals surface area contributed by atoms with Gasteiger partial charge in [-0.2, -0.15) is 0 Å². The van der Waals surface area contributed by atoms with Crippen LogP contribution in [0.4, 0.5) is 0 Å². The van der Waals surface area contributed by atoms with Crippen LogP contribution >= 0.6 is 39.1 Å². The van der Waals surface area contributed by atoms with E-state index in [1.807, 2.05) is 6.07 Å². The molecule has 0 unspecified atom stereocenters. The number of methoxy groups -OCH3 is 1. The number of ether oxygens (including phenoxy) is 2. The van der Waals surface area contributed by atoms with Gasteiger partial charge in [-0.3, -0.25) is 0 Å². The van der Waals surface area contributed by atoms with E-state index in [1.54, 1.807) is 13.2 Å². The molecule has 1 aliphatic heterocycles. The van der Waals surface area contributed by atoms with E-state index in [2.05, 4.69) is 15.9 Å². The van der Waals surface area contributed by atoms with Crippen molar-refractivity contribution >= 4 is 39.1 Å². The molecule has 1 aliphatic rings. The first-order valence-corrected chi connectivity index (χ1v) is 6.43. The average molecular weight is 326 g/mol. The standard InChI is InChI=1S/C11H11BrCl2O2/c1-15-11(6-4-16-5-6)8-2-7(13)3-9(12)10(8)14/h2-3,6,11H,4-5H2,1H3/t11-/m1/s1. The van der Waals surface area contributed by atoms with Gasteiger partial charge in [0.1, 0.15) is 0 Å². The van der Waals surface area contributed by atoms with E-state index in [1.165, 1.54) is 0 Å². The van der Waals surface area contributed by atoms with Crippen LogP contribution in [0.25, 0.3) is 0 Å². The molecule has 0 aliphatic carbocycles. The van der Waals surface area contributed by atoms with Gasteiger partial charge < -0.3 is 9.47 Å². The third-order valence-corrected chi connectivity index (χ3v) is 4.17. The van der Waals surface area contributed by atoms with Crippen molar-refractivity contribution in [1.82, 2.24) is 0 Å². The third kappa shape index (κ3) is 2.39. The van der Waals surface area contributed by atoms with E-state index in [-0.39, 0.29) is 6.10 Å². The lowest BCUT2D eigenvalue weighted by Crippen LogP contribution is -2.34. The molecule has 0 bridgehead atoms. The molecule has 0 aromatic heterocycles. The third-order valence-electron chi connectivity index (χ3n) is 2.67. The summed E-state index contributed by atoms with van der Waals surface area (Å²) in [7, 11) is 1.67. The number of halogens is 3. The Morgan fingerprint density at radius 3 is 2.62 bits per heavy atom. The van der Waals surface area contributed by atoms with Crippen LogP contribution in [0.3, 0.4) is 0 Å². The molecule has 1 aromatic rings. The Kier molecular flexibility index (Phi) is 4.14. The van der Waals surface area contributed by atoms with E-state index < -0.39 is 0 Å². The monoisotopic (exact) mass is 324 g/mol. The van der Waals surface area contributed by atoms with Gasteiger partial charge in [0.25, 0.3) is 0 Å². The maximum Gasteiger partial charge on any atom is 0.0908 e. The number of hydrogen-bond acceptors (Lipinski definition) is 2. The molecule has 2 nitrogen and oxygen atoms in total. The minimum absolute atomic E-state index is 0.0590. The van der Waals surface area contributed by atoms with E-state index in [0.29, 0.717) is 29.2 Å². The van der Waals surface area contributed by atoms with Crippen molar-refractivity contribution < 1.29 is 9.47 Å². The normalized spacial score (nSPS) is 18.2. The van der Waals surface area contributed by atoms with Crippen LogP contribution in [0.5, 0.6) is 0 Å². The zero-order valence-corrected chi connectivity index (χ0v) is 11.8. The highest BCUT2D eigenvalue weighted by Crippen LogP contribution is 2.39. The van der Waals surface area contributed by atoms with Crippen molar-refractivity contribution in [2.45, 2.75) is 6.10 Å². The Bertz CT molecular complexity index is 394. The van der Waals surface area contributed by atoms with Crippen LogP contribution in [0, 0.1) is 5.92 Å². The van der Waals surface area contributed by atoms with Gasteiger partial charge in [-0.05, 0) is 28.1 Å². The Morgan fingerprint density at radius 2 is 2.12 bits per heavy atom. The van der Waals surface area contributed by atoms with Gasteiger partial charge in [0.15, 0.2) is 0 Å². The largest absolute Gasteiger partial charge is 0.380 e. The fourth-order valence-corrected chi connectivity index (χ4v) is 2.84. The van der Waals surface area contributed by atoms with Crippen LogP contribution in [0.2, 0.25) is 10.0 Å². The molecular weight excluding hydrogens is 315 g/mol. The summed E-state index contributed by atoms with van der Waals surface area (Å²) >= 11 is 15.6. The Labute approximate surface area is 113 Å². The van der Waals surface area contributed by atoms with Crippen LogP contribution in [-0.2, 0) is 9.47 Å². The molecule has 1 saturated heterocycles. The van der Waals surface area contributed by atoms with Gasteiger partial charge in [0.05, 0.1) is 24.3 Å². The lowest BCUT2D eigenvalue weighted by atomic mass is 9.94. The summed E-state index contributed by atoms with van der Waals surface area (Å²) in [4.78, 5) is 0. The summed E-state index contributed by atoms with van der Waals surface area (Å²) in [6.07, 6.45) is -0.0590. The molecule has 0 radical (unpaired) electrons. The lowest BCUT2D eigenvalue weighted by Gasteiger charge is -2.33. The fourth-order valence-electron chi connectivity index (χ4n) is 1.79. The molecule has 1 atom stereocenters. The first-order valence-electron chi connectivity index (χ1n) is 4.88. The highest BCUT2D eigenvalue weighted by atomic mass is 79.9. The summed E-state index contributed by atoms with van der Waals surface area (Å²) in [6, 6.07) is 3.62. The minimum atomic E-state index is -0.0590. The predicted molar refractivity (Wildman–Crippen MR) is 68.2 cm³/mol. The van der Waals surface area contributed by atoms with Gasteiger partial charge in [-0.1, -0.05) is 23.2 Å². The molecule has 88 valence electrons. The average Bonchev–Trinajstić information content (AvgIpc) is 2.17. The second-order valence-corrected chi connectivity index (χ2v) is 5.41. The highest BCUT2D eigenvalue weighted by Gasteiger charge is 2.31. The zero-order valence-electron chi connectivity index (χ0n) is 8.67. The van der Waals surface area contributed by atoms with E-state index >= 15 is 0 Å². The van der Waals surface area contributed by atoms with Crippen molar-refractivity contribution in [3.63, 3.8) is 0 Å². The first-order chi connectivity index (χ1) is 7.63. The maximum absolute atomic E-state index is 6.24. The summed E-state index contributed by atoms with van der Waals surface area (Å²) in [5.41, 5.74) is 0.914. The molecule has 1 heterocycles. The van der Waals surface area contributed by atoms with E-state index in [9.17, 15) is 0 Å². The Balaban J connectivity index is 2.36. The number of benzene rings is 1. The van der Waals surface area contributed by atoms with Gasteiger partial charge in [0, 0.05) is 28.1 Å². The lowest BCUT2D eigenvalue weighted by molar-refractivity contribution is -0.105. The predicted octanol–water partition coefficient (Wildman–Crippen LogP) is 4.09. The van der Waals surface area contributed by atoms with Crippen LogP contribution in [0.15, 0.2) is 16.6 Å².